The van der Waals surface area contributed by atoms with E-state index < -0.39 is 11.9 Å². The minimum atomic E-state index is -0.645. The Morgan fingerprint density at radius 3 is 2.75 bits per heavy atom. The summed E-state index contributed by atoms with van der Waals surface area (Å²) in [5.74, 6) is -0.325. The molecule has 3 fully saturated rings. The fourth-order valence-electron chi connectivity index (χ4n) is 5.01. The average Bonchev–Trinajstić information content (AvgIpc) is 3.54. The van der Waals surface area contributed by atoms with Gasteiger partial charge in [0.1, 0.15) is 6.04 Å². The molecule has 0 radical (unpaired) electrons. The maximum atomic E-state index is 13.6. The second kappa shape index (κ2) is 9.95. The first kappa shape index (κ1) is 22.7. The van der Waals surface area contributed by atoms with E-state index >= 15 is 0 Å². The van der Waals surface area contributed by atoms with Crippen LogP contribution >= 0.6 is 11.6 Å². The molecule has 1 aliphatic carbocycles. The van der Waals surface area contributed by atoms with Crippen molar-refractivity contribution in [2.24, 2.45) is 17.4 Å². The van der Waals surface area contributed by atoms with Gasteiger partial charge in [-0.1, -0.05) is 19.3 Å². The van der Waals surface area contributed by atoms with Crippen LogP contribution in [0.25, 0.3) is 5.57 Å². The highest BCUT2D eigenvalue weighted by atomic mass is 35.5. The van der Waals surface area contributed by atoms with Crippen LogP contribution in [0.2, 0.25) is 0 Å². The van der Waals surface area contributed by atoms with Crippen LogP contribution in [0, 0.1) is 5.92 Å². The van der Waals surface area contributed by atoms with Crippen LogP contribution in [0.3, 0.4) is 0 Å². The van der Waals surface area contributed by atoms with E-state index in [-0.39, 0.29) is 41.0 Å². The van der Waals surface area contributed by atoms with Crippen molar-refractivity contribution in [3.8, 4) is 0 Å². The maximum Gasteiger partial charge on any atom is 0.289 e. The van der Waals surface area contributed by atoms with E-state index in [9.17, 15) is 9.59 Å². The van der Waals surface area contributed by atoms with E-state index in [1.165, 1.54) is 24.7 Å². The van der Waals surface area contributed by atoms with E-state index in [4.69, 9.17) is 32.2 Å². The van der Waals surface area contributed by atoms with Crippen LogP contribution in [-0.2, 0) is 9.53 Å². The predicted molar refractivity (Wildman–Crippen MR) is 119 cm³/mol. The molecule has 1 aromatic rings. The average molecular weight is 464 g/mol. The van der Waals surface area contributed by atoms with Gasteiger partial charge in [-0.25, -0.2) is 4.98 Å². The first-order valence-corrected chi connectivity index (χ1v) is 11.6. The molecule has 3 heterocycles. The number of halogens is 1. The quantitative estimate of drug-likeness (QED) is 0.431. The zero-order chi connectivity index (χ0) is 22.7. The third-order valence-corrected chi connectivity index (χ3v) is 7.01. The number of nitrogens with one attached hydrogen (secondary N) is 1. The minimum absolute atomic E-state index is 0.0112. The third kappa shape index (κ3) is 4.49. The van der Waals surface area contributed by atoms with Crippen molar-refractivity contribution < 1.29 is 18.7 Å². The second-order valence-electron chi connectivity index (χ2n) is 8.56. The summed E-state index contributed by atoms with van der Waals surface area (Å²) in [6.45, 7) is 1.02. The summed E-state index contributed by atoms with van der Waals surface area (Å²) >= 11 is 6.46. The number of nitrogens with zero attached hydrogens (tertiary/aromatic N) is 2. The number of hydrogen-bond acceptors (Lipinski definition) is 7. The lowest BCUT2D eigenvalue weighted by molar-refractivity contribution is -0.136. The fraction of sp³-hybridized carbons (Fsp3) is 0.591. The zero-order valence-electron chi connectivity index (χ0n) is 17.9. The molecule has 2 aliphatic heterocycles. The molecule has 2 saturated heterocycles. The number of oxazole rings is 1. The molecule has 1 aromatic heterocycles. The Bertz CT molecular complexity index is 895. The molecular formula is C22H30ClN5O4. The summed E-state index contributed by atoms with van der Waals surface area (Å²) < 4.78 is 11.3. The summed E-state index contributed by atoms with van der Waals surface area (Å²) in [6.07, 6.45) is 11.1. The highest BCUT2D eigenvalue weighted by Gasteiger charge is 2.49. The summed E-state index contributed by atoms with van der Waals surface area (Å²) in [6, 6.07) is -0.682. The molecule has 0 unspecified atom stereocenters. The van der Waals surface area contributed by atoms with E-state index in [1.54, 1.807) is 0 Å². The fourth-order valence-corrected chi connectivity index (χ4v) is 5.40. The molecule has 2 amide bonds. The van der Waals surface area contributed by atoms with Gasteiger partial charge < -0.3 is 30.8 Å². The summed E-state index contributed by atoms with van der Waals surface area (Å²) in [5, 5.41) is 2.70. The summed E-state index contributed by atoms with van der Waals surface area (Å²) in [4.78, 5) is 32.6. The highest BCUT2D eigenvalue weighted by molar-refractivity contribution is 6.21. The van der Waals surface area contributed by atoms with Gasteiger partial charge in [0.05, 0.1) is 29.3 Å². The normalized spacial score (nSPS) is 27.6. The second-order valence-corrected chi connectivity index (χ2v) is 9.12. The van der Waals surface area contributed by atoms with Crippen molar-refractivity contribution in [2.45, 2.75) is 62.1 Å². The minimum Gasteiger partial charge on any atom is -0.431 e. The monoisotopic (exact) mass is 463 g/mol. The number of nitrogens with two attached hydrogens (primary N) is 2. The number of amides is 2. The first-order valence-electron chi connectivity index (χ1n) is 11.2. The summed E-state index contributed by atoms with van der Waals surface area (Å²) in [7, 11) is 0. The van der Waals surface area contributed by atoms with Crippen molar-refractivity contribution >= 4 is 29.0 Å². The molecule has 4 atom stereocenters. The van der Waals surface area contributed by atoms with Crippen LogP contribution in [0.15, 0.2) is 29.1 Å². The van der Waals surface area contributed by atoms with Crippen molar-refractivity contribution in [3.05, 3.63) is 36.3 Å². The van der Waals surface area contributed by atoms with Gasteiger partial charge in [0, 0.05) is 19.4 Å². The van der Waals surface area contributed by atoms with Gasteiger partial charge >= 0.3 is 0 Å². The molecule has 32 heavy (non-hydrogen) atoms. The molecule has 0 aromatic carbocycles. The standard InChI is InChI=1S/C22H30ClN5O4/c23-15-12-28(16-7-9-31-19(15)16)22(30)18(13-4-2-1-3-5-13)27-20(29)17-11-26-21(32-17)14(10-25)6-8-24/h6,8,10-11,13,15-16,18-19H,1-5,7,9,12,24-25H2,(H,27,29)/b8-6-,14-10?/t15-,16+,18-,19+/m0/s1. The van der Waals surface area contributed by atoms with Crippen molar-refractivity contribution in [1.29, 1.82) is 0 Å². The highest BCUT2D eigenvalue weighted by Crippen LogP contribution is 2.35. The van der Waals surface area contributed by atoms with E-state index in [0.29, 0.717) is 18.7 Å². The van der Waals surface area contributed by atoms with E-state index in [2.05, 4.69) is 10.3 Å². The Hall–Kier alpha value is -2.52. The molecular weight excluding hydrogens is 434 g/mol. The van der Waals surface area contributed by atoms with Gasteiger partial charge in [-0.3, -0.25) is 9.59 Å². The number of carbonyl (C=O) groups is 2. The number of alkyl halides is 1. The Balaban J connectivity index is 1.53. The lowest BCUT2D eigenvalue weighted by Gasteiger charge is -2.34. The van der Waals surface area contributed by atoms with Crippen LogP contribution in [-0.4, -0.2) is 58.4 Å². The Labute approximate surface area is 192 Å². The van der Waals surface area contributed by atoms with Gasteiger partial charge in [-0.15, -0.1) is 11.6 Å². The van der Waals surface area contributed by atoms with E-state index in [0.717, 1.165) is 38.5 Å². The van der Waals surface area contributed by atoms with Crippen molar-refractivity contribution in [1.82, 2.24) is 15.2 Å². The maximum absolute atomic E-state index is 13.6. The Morgan fingerprint density at radius 1 is 1.25 bits per heavy atom. The molecule has 3 aliphatic rings. The molecule has 0 spiro atoms. The molecule has 4 rings (SSSR count). The van der Waals surface area contributed by atoms with Gasteiger partial charge in [0.2, 0.25) is 17.6 Å². The lowest BCUT2D eigenvalue weighted by atomic mass is 9.83. The summed E-state index contributed by atoms with van der Waals surface area (Å²) in [5.41, 5.74) is 11.4. The first-order chi connectivity index (χ1) is 15.5. The number of ether oxygens (including phenoxy) is 1. The number of hydrogen-bond donors (Lipinski definition) is 3. The molecule has 174 valence electrons. The lowest BCUT2D eigenvalue weighted by Crippen LogP contribution is -2.54. The van der Waals surface area contributed by atoms with Gasteiger partial charge in [0.15, 0.2) is 0 Å². The third-order valence-electron chi connectivity index (χ3n) is 6.62. The van der Waals surface area contributed by atoms with E-state index in [1.807, 2.05) is 4.90 Å². The van der Waals surface area contributed by atoms with Gasteiger partial charge in [0.25, 0.3) is 5.91 Å². The number of allylic oxidation sites excluding steroid dienone is 2. The predicted octanol–water partition coefficient (Wildman–Crippen LogP) is 1.73. The smallest absolute Gasteiger partial charge is 0.289 e. The van der Waals surface area contributed by atoms with Crippen LogP contribution in [0.5, 0.6) is 0 Å². The number of carbonyl (C=O) groups excluding carboxylic acids is 2. The number of rotatable bonds is 6. The molecule has 9 nitrogen and oxygen atoms in total. The largest absolute Gasteiger partial charge is 0.431 e. The molecule has 10 heteroatoms. The zero-order valence-corrected chi connectivity index (χ0v) is 18.7. The topological polar surface area (TPSA) is 137 Å². The molecule has 1 saturated carbocycles. The Morgan fingerprint density at radius 2 is 2.03 bits per heavy atom. The van der Waals surface area contributed by atoms with Crippen LogP contribution < -0.4 is 16.8 Å². The van der Waals surface area contributed by atoms with Crippen LogP contribution in [0.1, 0.15) is 55.0 Å². The SMILES string of the molecule is NC=C(/C=C\N)c1ncc(C(=O)N[C@H](C(=O)N2C[C@H](Cl)[C@H]3OCC[C@H]32)C2CCCCC2)o1. The van der Waals surface area contributed by atoms with Crippen molar-refractivity contribution in [3.63, 3.8) is 0 Å². The number of fused-ring (bicyclic) bond motifs is 1. The van der Waals surface area contributed by atoms with Crippen molar-refractivity contribution in [2.75, 3.05) is 13.2 Å². The van der Waals surface area contributed by atoms with Gasteiger partial charge in [-0.05, 0) is 37.5 Å². The van der Waals surface area contributed by atoms with Gasteiger partial charge in [-0.2, -0.15) is 0 Å². The Kier molecular flexibility index (Phi) is 7.05. The molecule has 0 bridgehead atoms. The number of aromatic nitrogens is 1. The van der Waals surface area contributed by atoms with Crippen LogP contribution in [0.4, 0.5) is 0 Å². The molecule has 5 N–H and O–H groups in total. The number of likely N-dealkylation sites (tertiary alicyclic amines) is 1.